The van der Waals surface area contributed by atoms with E-state index in [1.807, 2.05) is 39.1 Å². The lowest BCUT2D eigenvalue weighted by atomic mass is 9.85. The number of hydrogen-bond acceptors (Lipinski definition) is 7. The van der Waals surface area contributed by atoms with Gasteiger partial charge in [-0.1, -0.05) is 12.1 Å². The zero-order chi connectivity index (χ0) is 24.4. The van der Waals surface area contributed by atoms with Gasteiger partial charge in [0.05, 0.1) is 24.8 Å². The maximum absolute atomic E-state index is 13.7. The molecule has 0 N–H and O–H groups in total. The summed E-state index contributed by atoms with van der Waals surface area (Å²) in [4.78, 5) is 14.8. The molecule has 1 heterocycles. The number of likely N-dealkylation sites (N-methyl/N-ethyl adjacent to an activating group) is 1. The highest BCUT2D eigenvalue weighted by molar-refractivity contribution is 5.85. The van der Waals surface area contributed by atoms with Gasteiger partial charge in [0.25, 0.3) is 0 Å². The first kappa shape index (κ1) is 26.4. The van der Waals surface area contributed by atoms with E-state index in [9.17, 15) is 9.18 Å². The zero-order valence-corrected chi connectivity index (χ0v) is 21.3. The van der Waals surface area contributed by atoms with Gasteiger partial charge in [-0.15, -0.1) is 17.5 Å². The van der Waals surface area contributed by atoms with Gasteiger partial charge in [-0.2, -0.15) is 0 Å². The van der Waals surface area contributed by atoms with Gasteiger partial charge < -0.3 is 14.4 Å². The summed E-state index contributed by atoms with van der Waals surface area (Å²) in [6, 6.07) is 12.2. The van der Waals surface area contributed by atoms with Crippen molar-refractivity contribution in [3.8, 4) is 17.1 Å². The Morgan fingerprint density at radius 2 is 1.89 bits per heavy atom. The van der Waals surface area contributed by atoms with Gasteiger partial charge in [0, 0.05) is 31.6 Å². The van der Waals surface area contributed by atoms with Crippen molar-refractivity contribution in [2.75, 3.05) is 19.1 Å². The third kappa shape index (κ3) is 5.40. The molecule has 10 heteroatoms. The summed E-state index contributed by atoms with van der Waals surface area (Å²) in [6.45, 7) is 3.96. The van der Waals surface area contributed by atoms with Crippen molar-refractivity contribution in [2.45, 2.75) is 44.8 Å². The Morgan fingerprint density at radius 3 is 2.49 bits per heavy atom. The number of carbonyl (C=O) groups excluding carboxylic acids is 1. The molecule has 2 aromatic carbocycles. The number of nitrogens with zero attached hydrogens (tertiary/aromatic N) is 5. The molecule has 0 amide bonds. The van der Waals surface area contributed by atoms with E-state index in [4.69, 9.17) is 9.47 Å². The average molecular weight is 504 g/mol. The van der Waals surface area contributed by atoms with E-state index in [2.05, 4.69) is 20.4 Å². The van der Waals surface area contributed by atoms with E-state index < -0.39 is 0 Å². The summed E-state index contributed by atoms with van der Waals surface area (Å²) in [5.74, 6) is 0.339. The average Bonchev–Trinajstić information content (AvgIpc) is 3.45. The molecule has 0 unspecified atom stereocenters. The highest BCUT2D eigenvalue weighted by Crippen LogP contribution is 2.46. The van der Waals surface area contributed by atoms with Gasteiger partial charge in [0.15, 0.2) is 5.82 Å². The Morgan fingerprint density at radius 1 is 1.17 bits per heavy atom. The van der Waals surface area contributed by atoms with Crippen LogP contribution in [0.2, 0.25) is 0 Å². The van der Waals surface area contributed by atoms with Gasteiger partial charge in [-0.25, -0.2) is 9.07 Å². The molecule has 1 aliphatic rings. The van der Waals surface area contributed by atoms with Gasteiger partial charge in [-0.3, -0.25) is 4.79 Å². The molecule has 0 radical (unpaired) electrons. The third-order valence-electron chi connectivity index (χ3n) is 6.46. The van der Waals surface area contributed by atoms with Crippen molar-refractivity contribution in [1.82, 2.24) is 20.2 Å². The third-order valence-corrected chi connectivity index (χ3v) is 6.46. The molecule has 1 aromatic heterocycles. The number of tetrazole rings is 1. The Hall–Kier alpha value is -3.20. The monoisotopic (exact) mass is 503 g/mol. The number of ether oxygens (including phenoxy) is 2. The minimum atomic E-state index is -0.316. The van der Waals surface area contributed by atoms with Crippen LogP contribution in [0.4, 0.5) is 10.1 Å². The molecule has 1 saturated carbocycles. The van der Waals surface area contributed by atoms with E-state index in [0.29, 0.717) is 12.2 Å². The molecule has 188 valence electrons. The lowest BCUT2D eigenvalue weighted by Gasteiger charge is -2.34. The fraction of sp³-hybridized carbons (Fsp3) is 0.440. The number of aryl methyl sites for hydroxylation is 1. The van der Waals surface area contributed by atoms with Crippen molar-refractivity contribution in [3.63, 3.8) is 0 Å². The second-order valence-electron chi connectivity index (χ2n) is 8.94. The summed E-state index contributed by atoms with van der Waals surface area (Å²) in [7, 11) is 5.20. The van der Waals surface area contributed by atoms with Crippen molar-refractivity contribution in [2.24, 2.45) is 13.0 Å². The minimum Gasteiger partial charge on any atom is -0.489 e. The van der Waals surface area contributed by atoms with E-state index >= 15 is 0 Å². The molecule has 4 rings (SSSR count). The maximum Gasteiger partial charge on any atom is 0.309 e. The van der Waals surface area contributed by atoms with Crippen LogP contribution in [-0.2, 0) is 16.6 Å². The predicted octanol–water partition coefficient (Wildman–Crippen LogP) is 4.40. The van der Waals surface area contributed by atoms with Crippen LogP contribution in [0.3, 0.4) is 0 Å². The molecule has 35 heavy (non-hydrogen) atoms. The van der Waals surface area contributed by atoms with Crippen LogP contribution in [0.15, 0.2) is 42.5 Å². The maximum atomic E-state index is 13.7. The van der Waals surface area contributed by atoms with Crippen LogP contribution in [0.25, 0.3) is 11.4 Å². The normalized spacial score (nSPS) is 19.3. The first-order valence-corrected chi connectivity index (χ1v) is 11.4. The standard InChI is InChI=1S/C25H30FN5O3.ClH/c1-15(2)34-22-13-8-17(24-27-28-29-31(24)4)14-21(22)30(3)20-12-11-19(25(32)33-5)23(20)16-6-9-18(26)10-7-16;/h6-10,13-15,19-20,23H,11-12H2,1-5H3;1H/t19-,20-,23+;/m0./s1. The summed E-state index contributed by atoms with van der Waals surface area (Å²) in [5, 5.41) is 11.8. The molecule has 8 nitrogen and oxygen atoms in total. The molecule has 0 bridgehead atoms. The number of aromatic nitrogens is 4. The van der Waals surface area contributed by atoms with Crippen LogP contribution in [-0.4, -0.2) is 52.5 Å². The smallest absolute Gasteiger partial charge is 0.309 e. The van der Waals surface area contributed by atoms with Crippen molar-refractivity contribution < 1.29 is 18.7 Å². The number of hydrogen-bond donors (Lipinski definition) is 0. The van der Waals surface area contributed by atoms with Crippen molar-refractivity contribution in [3.05, 3.63) is 53.8 Å². The predicted molar refractivity (Wildman–Crippen MR) is 133 cm³/mol. The van der Waals surface area contributed by atoms with Crippen LogP contribution in [0.1, 0.15) is 38.2 Å². The summed E-state index contributed by atoms with van der Waals surface area (Å²) in [6.07, 6.45) is 1.43. The number of methoxy groups -OCH3 is 1. The first-order chi connectivity index (χ1) is 16.3. The van der Waals surface area contributed by atoms with Gasteiger partial charge >= 0.3 is 5.97 Å². The fourth-order valence-electron chi connectivity index (χ4n) is 4.91. The first-order valence-electron chi connectivity index (χ1n) is 11.4. The van der Waals surface area contributed by atoms with Crippen LogP contribution in [0, 0.1) is 11.7 Å². The Kier molecular flexibility index (Phi) is 8.32. The summed E-state index contributed by atoms with van der Waals surface area (Å²) >= 11 is 0. The van der Waals surface area contributed by atoms with Crippen LogP contribution < -0.4 is 9.64 Å². The zero-order valence-electron chi connectivity index (χ0n) is 20.5. The topological polar surface area (TPSA) is 82.4 Å². The van der Waals surface area contributed by atoms with Crippen LogP contribution >= 0.6 is 12.4 Å². The lowest BCUT2D eigenvalue weighted by Crippen LogP contribution is -2.37. The molecule has 1 fully saturated rings. The Bertz CT molecular complexity index is 1150. The number of rotatable bonds is 7. The quantitative estimate of drug-likeness (QED) is 0.442. The van der Waals surface area contributed by atoms with Crippen molar-refractivity contribution in [1.29, 1.82) is 0 Å². The number of anilines is 1. The highest BCUT2D eigenvalue weighted by Gasteiger charge is 2.44. The van der Waals surface area contributed by atoms with E-state index in [-0.39, 0.29) is 48.2 Å². The summed E-state index contributed by atoms with van der Waals surface area (Å²) < 4.78 is 26.5. The SMILES string of the molecule is COC(=O)[C@H]1CC[C@H](N(C)c2cc(-c3nnnn3C)ccc2OC(C)C)[C@@H]1c1ccc(F)cc1.Cl. The number of carbonyl (C=O) groups is 1. The molecule has 0 aliphatic heterocycles. The fourth-order valence-corrected chi connectivity index (χ4v) is 4.91. The van der Waals surface area contributed by atoms with Gasteiger partial charge in [-0.05, 0) is 73.0 Å². The number of benzene rings is 2. The van der Waals surface area contributed by atoms with Gasteiger partial charge in [0.2, 0.25) is 0 Å². The largest absolute Gasteiger partial charge is 0.489 e. The number of esters is 1. The molecule has 0 saturated heterocycles. The highest BCUT2D eigenvalue weighted by atomic mass is 35.5. The Balaban J connectivity index is 0.00000342. The van der Waals surface area contributed by atoms with E-state index in [1.54, 1.807) is 23.9 Å². The minimum absolute atomic E-state index is 0. The lowest BCUT2D eigenvalue weighted by molar-refractivity contribution is -0.145. The molecular formula is C25H31ClFN5O3. The molecule has 3 atom stereocenters. The van der Waals surface area contributed by atoms with Gasteiger partial charge in [0.1, 0.15) is 11.6 Å². The molecule has 1 aliphatic carbocycles. The Labute approximate surface area is 210 Å². The second-order valence-corrected chi connectivity index (χ2v) is 8.94. The number of halogens is 2. The van der Waals surface area contributed by atoms with Crippen molar-refractivity contribution >= 4 is 24.1 Å². The molecule has 0 spiro atoms. The summed E-state index contributed by atoms with van der Waals surface area (Å²) in [5.41, 5.74) is 2.63. The van der Waals surface area contributed by atoms with E-state index in [0.717, 1.165) is 29.0 Å². The molecule has 3 aromatic rings. The molecular weight excluding hydrogens is 473 g/mol. The van der Waals surface area contributed by atoms with Crippen LogP contribution in [0.5, 0.6) is 5.75 Å². The van der Waals surface area contributed by atoms with E-state index in [1.165, 1.54) is 19.2 Å². The second kappa shape index (κ2) is 11.0.